The molecule has 0 heterocycles. The Morgan fingerprint density at radius 1 is 0.943 bits per heavy atom. The van der Waals surface area contributed by atoms with Crippen molar-refractivity contribution in [1.29, 1.82) is 0 Å². The lowest BCUT2D eigenvalue weighted by Gasteiger charge is -2.16. The minimum absolute atomic E-state index is 0.274. The topological polar surface area (TPSA) is 78.5 Å². The van der Waals surface area contributed by atoms with E-state index < -0.39 is 27.9 Å². The van der Waals surface area contributed by atoms with Crippen molar-refractivity contribution < 1.29 is 26.4 Å². The molecule has 0 fully saturated rings. The molecule has 0 aromatic heterocycles. The van der Waals surface area contributed by atoms with E-state index in [2.05, 4.69) is 10.0 Å². The molecule has 1 unspecified atom stereocenters. The van der Waals surface area contributed by atoms with E-state index in [0.717, 1.165) is 27.6 Å². The summed E-state index contributed by atoms with van der Waals surface area (Å²) < 4.78 is 66.8. The fraction of sp³-hybridized carbons (Fsp3) is 0.240. The minimum atomic E-state index is -4.44. The van der Waals surface area contributed by atoms with Crippen LogP contribution in [0.3, 0.4) is 0 Å². The summed E-state index contributed by atoms with van der Waals surface area (Å²) in [4.78, 5) is 13.1. The quantitative estimate of drug-likeness (QED) is 0.521. The van der Waals surface area contributed by atoms with Crippen LogP contribution in [0.1, 0.15) is 27.0 Å². The Morgan fingerprint density at radius 2 is 1.60 bits per heavy atom. The number of amides is 1. The molecular formula is C25H24F3N3O3S. The number of fused-ring (bicyclic) bond motifs is 1. The molecule has 3 aromatic carbocycles. The molecule has 0 bridgehead atoms. The van der Waals surface area contributed by atoms with Gasteiger partial charge in [-0.1, -0.05) is 36.4 Å². The van der Waals surface area contributed by atoms with Crippen LogP contribution in [-0.2, 0) is 29.2 Å². The van der Waals surface area contributed by atoms with Crippen LogP contribution < -0.4 is 10.0 Å². The van der Waals surface area contributed by atoms with Crippen molar-refractivity contribution in [2.75, 3.05) is 19.4 Å². The van der Waals surface area contributed by atoms with Crippen molar-refractivity contribution in [3.05, 3.63) is 89.0 Å². The molecule has 0 saturated heterocycles. The van der Waals surface area contributed by atoms with Gasteiger partial charge in [-0.2, -0.15) is 30.6 Å². The lowest BCUT2D eigenvalue weighted by Crippen LogP contribution is -2.42. The Labute approximate surface area is 202 Å². The average molecular weight is 504 g/mol. The summed E-state index contributed by atoms with van der Waals surface area (Å²) in [6, 6.07) is 16.5. The van der Waals surface area contributed by atoms with Crippen molar-refractivity contribution in [1.82, 2.24) is 9.03 Å². The first-order valence-corrected chi connectivity index (χ1v) is 12.3. The van der Waals surface area contributed by atoms with Crippen LogP contribution in [0.2, 0.25) is 0 Å². The van der Waals surface area contributed by atoms with E-state index in [9.17, 15) is 26.4 Å². The maximum atomic E-state index is 13.1. The Bertz CT molecular complexity index is 1350. The van der Waals surface area contributed by atoms with Gasteiger partial charge in [-0.3, -0.25) is 4.79 Å². The fourth-order valence-corrected chi connectivity index (χ4v) is 4.86. The van der Waals surface area contributed by atoms with E-state index in [-0.39, 0.29) is 6.04 Å². The highest BCUT2D eigenvalue weighted by atomic mass is 32.2. The third kappa shape index (κ3) is 5.55. The maximum absolute atomic E-state index is 13.1. The summed E-state index contributed by atoms with van der Waals surface area (Å²) in [5.41, 5.74) is 3.06. The van der Waals surface area contributed by atoms with E-state index in [1.807, 2.05) is 12.1 Å². The van der Waals surface area contributed by atoms with E-state index in [4.69, 9.17) is 0 Å². The number of carbonyl (C=O) groups is 1. The normalized spacial score (nSPS) is 15.8. The number of alkyl halides is 3. The number of nitrogens with one attached hydrogen (secondary N) is 2. The van der Waals surface area contributed by atoms with Gasteiger partial charge in [0, 0.05) is 31.4 Å². The van der Waals surface area contributed by atoms with Gasteiger partial charge in [0.15, 0.2) is 0 Å². The van der Waals surface area contributed by atoms with E-state index >= 15 is 0 Å². The molecule has 6 nitrogen and oxygen atoms in total. The number of rotatable bonds is 6. The average Bonchev–Trinajstić information content (AvgIpc) is 3.19. The number of benzene rings is 3. The molecule has 35 heavy (non-hydrogen) atoms. The van der Waals surface area contributed by atoms with E-state index in [0.29, 0.717) is 35.2 Å². The SMILES string of the molecule is CN(C)S(=O)(=O)NC1Cc2ccc(NC(=O)c3ccccc3-c3ccc(C(F)(F)F)cc3)cc2C1. The zero-order valence-corrected chi connectivity index (χ0v) is 19.9. The minimum Gasteiger partial charge on any atom is -0.322 e. The Balaban J connectivity index is 1.51. The molecule has 2 N–H and O–H groups in total. The van der Waals surface area contributed by atoms with Gasteiger partial charge in [0.25, 0.3) is 16.1 Å². The smallest absolute Gasteiger partial charge is 0.322 e. The van der Waals surface area contributed by atoms with Gasteiger partial charge < -0.3 is 5.32 Å². The number of carbonyl (C=O) groups excluding carboxylic acids is 1. The predicted molar refractivity (Wildman–Crippen MR) is 128 cm³/mol. The van der Waals surface area contributed by atoms with E-state index in [1.165, 1.54) is 26.2 Å². The van der Waals surface area contributed by atoms with Crippen LogP contribution in [-0.4, -0.2) is 38.8 Å². The molecule has 0 aliphatic heterocycles. The molecule has 1 amide bonds. The van der Waals surface area contributed by atoms with Crippen molar-refractivity contribution in [3.8, 4) is 11.1 Å². The maximum Gasteiger partial charge on any atom is 0.416 e. The molecule has 0 spiro atoms. The highest BCUT2D eigenvalue weighted by molar-refractivity contribution is 7.87. The molecular weight excluding hydrogens is 479 g/mol. The molecule has 4 rings (SSSR count). The van der Waals surface area contributed by atoms with Gasteiger partial charge in [-0.05, 0) is 65.4 Å². The zero-order chi connectivity index (χ0) is 25.4. The second-order valence-electron chi connectivity index (χ2n) is 8.57. The second-order valence-corrected chi connectivity index (χ2v) is 10.5. The summed E-state index contributed by atoms with van der Waals surface area (Å²) >= 11 is 0. The highest BCUT2D eigenvalue weighted by Gasteiger charge is 2.30. The molecule has 3 aromatic rings. The molecule has 0 saturated carbocycles. The van der Waals surface area contributed by atoms with Crippen molar-refractivity contribution >= 4 is 21.8 Å². The van der Waals surface area contributed by atoms with Crippen molar-refractivity contribution in [2.24, 2.45) is 0 Å². The second kappa shape index (κ2) is 9.44. The largest absolute Gasteiger partial charge is 0.416 e. The van der Waals surface area contributed by atoms with Crippen LogP contribution in [0.4, 0.5) is 18.9 Å². The van der Waals surface area contributed by atoms with Crippen molar-refractivity contribution in [3.63, 3.8) is 0 Å². The Morgan fingerprint density at radius 3 is 2.26 bits per heavy atom. The summed E-state index contributed by atoms with van der Waals surface area (Å²) in [5.74, 6) is -0.400. The van der Waals surface area contributed by atoms with Crippen LogP contribution in [0.5, 0.6) is 0 Å². The first-order valence-electron chi connectivity index (χ1n) is 10.8. The zero-order valence-electron chi connectivity index (χ0n) is 19.1. The lowest BCUT2D eigenvalue weighted by atomic mass is 9.98. The van der Waals surface area contributed by atoms with Gasteiger partial charge in [-0.25, -0.2) is 0 Å². The molecule has 184 valence electrons. The molecule has 1 aliphatic rings. The number of hydrogen-bond donors (Lipinski definition) is 2. The monoisotopic (exact) mass is 503 g/mol. The molecule has 1 atom stereocenters. The fourth-order valence-electron chi connectivity index (χ4n) is 4.07. The number of anilines is 1. The third-order valence-electron chi connectivity index (χ3n) is 5.89. The van der Waals surface area contributed by atoms with E-state index in [1.54, 1.807) is 30.3 Å². The summed E-state index contributed by atoms with van der Waals surface area (Å²) in [7, 11) is -0.638. The predicted octanol–water partition coefficient (Wildman–Crippen LogP) is 4.49. The van der Waals surface area contributed by atoms with Gasteiger partial charge in [0.1, 0.15) is 0 Å². The molecule has 1 aliphatic carbocycles. The Hall–Kier alpha value is -3.21. The number of hydrogen-bond acceptors (Lipinski definition) is 3. The first-order chi connectivity index (χ1) is 16.4. The first kappa shape index (κ1) is 24.9. The molecule has 10 heteroatoms. The Kier molecular flexibility index (Phi) is 6.72. The summed E-state index contributed by atoms with van der Waals surface area (Å²) in [6.07, 6.45) is -3.39. The number of nitrogens with zero attached hydrogens (tertiary/aromatic N) is 1. The standard InChI is InChI=1S/C25H24F3N3O3S/c1-31(2)35(33,34)30-21-13-17-9-12-20(14-18(17)15-21)29-24(32)23-6-4-3-5-22(23)16-7-10-19(11-8-16)25(26,27)28/h3-12,14,21,30H,13,15H2,1-2H3,(H,29,32). The highest BCUT2D eigenvalue weighted by Crippen LogP contribution is 2.32. The van der Waals surface area contributed by atoms with Gasteiger partial charge in [0.05, 0.1) is 5.56 Å². The van der Waals surface area contributed by atoms with Crippen LogP contribution >= 0.6 is 0 Å². The van der Waals surface area contributed by atoms with Crippen LogP contribution in [0, 0.1) is 0 Å². The van der Waals surface area contributed by atoms with Crippen LogP contribution in [0.15, 0.2) is 66.7 Å². The van der Waals surface area contributed by atoms with Crippen LogP contribution in [0.25, 0.3) is 11.1 Å². The number of halogens is 3. The summed E-state index contributed by atoms with van der Waals surface area (Å²) in [5, 5.41) is 2.85. The lowest BCUT2D eigenvalue weighted by molar-refractivity contribution is -0.137. The van der Waals surface area contributed by atoms with Gasteiger partial charge >= 0.3 is 6.18 Å². The third-order valence-corrected chi connectivity index (χ3v) is 7.48. The van der Waals surface area contributed by atoms with Gasteiger partial charge in [-0.15, -0.1) is 0 Å². The molecule has 0 radical (unpaired) electrons. The summed E-state index contributed by atoms with van der Waals surface area (Å²) in [6.45, 7) is 0. The van der Waals surface area contributed by atoms with Gasteiger partial charge in [0.2, 0.25) is 0 Å². The van der Waals surface area contributed by atoms with Crippen molar-refractivity contribution in [2.45, 2.75) is 25.1 Å².